The first-order valence-electron chi connectivity index (χ1n) is 7.86. The van der Waals surface area contributed by atoms with Gasteiger partial charge in [-0.3, -0.25) is 0 Å². The lowest BCUT2D eigenvalue weighted by molar-refractivity contribution is 0.554. The van der Waals surface area contributed by atoms with Gasteiger partial charge in [-0.25, -0.2) is 0 Å². The zero-order chi connectivity index (χ0) is 13.9. The molecule has 2 aliphatic heterocycles. The third-order valence-electron chi connectivity index (χ3n) is 3.57. The summed E-state index contributed by atoms with van der Waals surface area (Å²) in [6, 6.07) is 8.92. The molecule has 2 aliphatic rings. The van der Waals surface area contributed by atoms with Crippen LogP contribution in [0.15, 0.2) is 24.3 Å². The minimum absolute atomic E-state index is 0.968. The minimum Gasteiger partial charge on any atom is -0.315 e. The summed E-state index contributed by atoms with van der Waals surface area (Å²) in [6.07, 6.45) is 2.37. The summed E-state index contributed by atoms with van der Waals surface area (Å²) in [6.45, 7) is 8.39. The highest BCUT2D eigenvalue weighted by Gasteiger charge is 1.97. The number of fused-ring (bicyclic) bond motifs is 15. The van der Waals surface area contributed by atoms with Crippen molar-refractivity contribution in [1.29, 1.82) is 0 Å². The van der Waals surface area contributed by atoms with Crippen LogP contribution in [0.3, 0.4) is 0 Å². The molecule has 0 saturated carbocycles. The average Bonchev–Trinajstić information content (AvgIpc) is 2.48. The Kier molecular flexibility index (Phi) is 7.64. The number of benzene rings is 1. The smallest absolute Gasteiger partial charge is 0.0205 e. The molecule has 0 unspecified atom stereocenters. The molecule has 0 aliphatic carbocycles. The summed E-state index contributed by atoms with van der Waals surface area (Å²) in [5.41, 5.74) is 2.74. The van der Waals surface area contributed by atoms with Crippen LogP contribution in [0.5, 0.6) is 0 Å². The molecule has 0 atom stereocenters. The van der Waals surface area contributed by atoms with E-state index in [1.165, 1.54) is 24.0 Å². The third-order valence-corrected chi connectivity index (χ3v) is 3.57. The van der Waals surface area contributed by atoms with Gasteiger partial charge in [-0.1, -0.05) is 24.3 Å². The van der Waals surface area contributed by atoms with Gasteiger partial charge in [0.15, 0.2) is 0 Å². The molecule has 0 amide bonds. The maximum atomic E-state index is 3.50. The van der Waals surface area contributed by atoms with Crippen molar-refractivity contribution in [2.75, 3.05) is 39.3 Å². The van der Waals surface area contributed by atoms with Gasteiger partial charge in [-0.05, 0) is 50.1 Å². The monoisotopic (exact) mass is 276 g/mol. The molecular formula is C16H28N4. The van der Waals surface area contributed by atoms with Gasteiger partial charge in [-0.15, -0.1) is 0 Å². The average molecular weight is 276 g/mol. The van der Waals surface area contributed by atoms with Gasteiger partial charge in [-0.2, -0.15) is 0 Å². The lowest BCUT2D eigenvalue weighted by Crippen LogP contribution is -2.31. The van der Waals surface area contributed by atoms with Crippen molar-refractivity contribution in [2.45, 2.75) is 25.9 Å². The van der Waals surface area contributed by atoms with Crippen molar-refractivity contribution in [1.82, 2.24) is 21.3 Å². The first kappa shape index (κ1) is 15.4. The molecule has 0 spiro atoms. The lowest BCUT2D eigenvalue weighted by Gasteiger charge is -2.10. The van der Waals surface area contributed by atoms with Gasteiger partial charge in [0.2, 0.25) is 0 Å². The topological polar surface area (TPSA) is 48.1 Å². The molecule has 1 aromatic rings. The Balaban J connectivity index is 1.78. The first-order chi connectivity index (χ1) is 9.95. The molecule has 2 heterocycles. The zero-order valence-electron chi connectivity index (χ0n) is 12.4. The van der Waals surface area contributed by atoms with Crippen molar-refractivity contribution in [3.05, 3.63) is 35.4 Å². The van der Waals surface area contributed by atoms with E-state index in [1.807, 2.05) is 0 Å². The van der Waals surface area contributed by atoms with E-state index in [4.69, 9.17) is 0 Å². The Morgan fingerprint density at radius 3 is 1.35 bits per heavy atom. The van der Waals surface area contributed by atoms with Gasteiger partial charge in [0.1, 0.15) is 0 Å². The van der Waals surface area contributed by atoms with Gasteiger partial charge in [0.05, 0.1) is 0 Å². The van der Waals surface area contributed by atoms with E-state index in [0.717, 1.165) is 52.4 Å². The molecule has 112 valence electrons. The Labute approximate surface area is 122 Å². The molecule has 1 aromatic carbocycles. The van der Waals surface area contributed by atoms with E-state index < -0.39 is 0 Å². The molecular weight excluding hydrogens is 248 g/mol. The van der Waals surface area contributed by atoms with Crippen LogP contribution >= 0.6 is 0 Å². The Morgan fingerprint density at radius 2 is 0.900 bits per heavy atom. The molecule has 4 heteroatoms. The van der Waals surface area contributed by atoms with Crippen LogP contribution in [0.25, 0.3) is 0 Å². The predicted octanol–water partition coefficient (Wildman–Crippen LogP) is 0.839. The SMILES string of the molecule is c1cc2ccc1CNCCCNCCNCCCNC2. The molecule has 20 heavy (non-hydrogen) atoms. The Hall–Kier alpha value is -0.940. The number of rotatable bonds is 0. The summed E-state index contributed by atoms with van der Waals surface area (Å²) < 4.78 is 0. The van der Waals surface area contributed by atoms with Crippen LogP contribution in [0.4, 0.5) is 0 Å². The van der Waals surface area contributed by atoms with Crippen LogP contribution in [-0.4, -0.2) is 39.3 Å². The third kappa shape index (κ3) is 6.48. The van der Waals surface area contributed by atoms with E-state index in [1.54, 1.807) is 0 Å². The van der Waals surface area contributed by atoms with Crippen molar-refractivity contribution in [3.63, 3.8) is 0 Å². The quantitative estimate of drug-likeness (QED) is 0.567. The highest BCUT2D eigenvalue weighted by molar-refractivity contribution is 5.22. The number of nitrogens with one attached hydrogen (secondary N) is 4. The van der Waals surface area contributed by atoms with Crippen molar-refractivity contribution >= 4 is 0 Å². The summed E-state index contributed by atoms with van der Waals surface area (Å²) in [5, 5.41) is 13.9. The normalized spacial score (nSPS) is 20.2. The molecule has 0 radical (unpaired) electrons. The molecule has 2 bridgehead atoms. The molecule has 4 N–H and O–H groups in total. The predicted molar refractivity (Wildman–Crippen MR) is 84.8 cm³/mol. The Morgan fingerprint density at radius 1 is 0.500 bits per heavy atom. The van der Waals surface area contributed by atoms with Gasteiger partial charge in [0.25, 0.3) is 0 Å². The van der Waals surface area contributed by atoms with E-state index in [0.29, 0.717) is 0 Å². The second kappa shape index (κ2) is 9.88. The number of hydrogen-bond acceptors (Lipinski definition) is 4. The fourth-order valence-electron chi connectivity index (χ4n) is 2.34. The van der Waals surface area contributed by atoms with Crippen molar-refractivity contribution < 1.29 is 0 Å². The van der Waals surface area contributed by atoms with Crippen molar-refractivity contribution in [3.8, 4) is 0 Å². The molecule has 0 aromatic heterocycles. The van der Waals surface area contributed by atoms with E-state index >= 15 is 0 Å². The van der Waals surface area contributed by atoms with Crippen molar-refractivity contribution in [2.24, 2.45) is 0 Å². The summed E-state index contributed by atoms with van der Waals surface area (Å²) in [4.78, 5) is 0. The molecule has 3 rings (SSSR count). The van der Waals surface area contributed by atoms with Crippen LogP contribution in [0.2, 0.25) is 0 Å². The second-order valence-electron chi connectivity index (χ2n) is 5.38. The standard InChI is InChI=1S/C16H28N4/c1-7-17-11-12-18-8-2-10-20-14-16-5-3-15(4-6-16)13-19-9-1/h3-6,17-20H,1-2,7-14H2. The maximum Gasteiger partial charge on any atom is 0.0205 e. The Bertz CT molecular complexity index is 315. The maximum absolute atomic E-state index is 3.50. The summed E-state index contributed by atoms with van der Waals surface area (Å²) in [7, 11) is 0. The van der Waals surface area contributed by atoms with E-state index in [9.17, 15) is 0 Å². The highest BCUT2D eigenvalue weighted by Crippen LogP contribution is 2.04. The fourth-order valence-corrected chi connectivity index (χ4v) is 2.34. The first-order valence-corrected chi connectivity index (χ1v) is 7.86. The molecule has 0 fully saturated rings. The number of hydrogen-bond donors (Lipinski definition) is 4. The molecule has 4 nitrogen and oxygen atoms in total. The molecule has 0 saturated heterocycles. The van der Waals surface area contributed by atoms with Crippen LogP contribution < -0.4 is 21.3 Å². The summed E-state index contributed by atoms with van der Waals surface area (Å²) in [5.74, 6) is 0. The van der Waals surface area contributed by atoms with Crippen LogP contribution in [0, 0.1) is 0 Å². The second-order valence-corrected chi connectivity index (χ2v) is 5.38. The largest absolute Gasteiger partial charge is 0.315 e. The van der Waals surface area contributed by atoms with Gasteiger partial charge >= 0.3 is 0 Å². The summed E-state index contributed by atoms with van der Waals surface area (Å²) >= 11 is 0. The fraction of sp³-hybridized carbons (Fsp3) is 0.625. The van der Waals surface area contributed by atoms with Crippen LogP contribution in [0.1, 0.15) is 24.0 Å². The van der Waals surface area contributed by atoms with Crippen LogP contribution in [-0.2, 0) is 13.1 Å². The minimum atomic E-state index is 0.968. The highest BCUT2D eigenvalue weighted by atomic mass is 14.9. The van der Waals surface area contributed by atoms with Gasteiger partial charge < -0.3 is 21.3 Å². The van der Waals surface area contributed by atoms with E-state index in [-0.39, 0.29) is 0 Å². The van der Waals surface area contributed by atoms with E-state index in [2.05, 4.69) is 45.5 Å². The lowest BCUT2D eigenvalue weighted by atomic mass is 10.1. The zero-order valence-corrected chi connectivity index (χ0v) is 12.4. The van der Waals surface area contributed by atoms with Gasteiger partial charge in [0, 0.05) is 26.2 Å².